The summed E-state index contributed by atoms with van der Waals surface area (Å²) in [6, 6.07) is 0.747. The first-order valence-corrected chi connectivity index (χ1v) is 6.61. The minimum atomic E-state index is 0.747. The van der Waals surface area contributed by atoms with Crippen LogP contribution in [0.25, 0.3) is 0 Å². The summed E-state index contributed by atoms with van der Waals surface area (Å²) in [5.74, 6) is 0.854. The fraction of sp³-hybridized carbons (Fsp3) is 0.750. The van der Waals surface area contributed by atoms with Gasteiger partial charge in [0.25, 0.3) is 0 Å². The van der Waals surface area contributed by atoms with Gasteiger partial charge in [0.1, 0.15) is 0 Å². The smallest absolute Gasteiger partial charge is 0.0933 e. The molecule has 2 rings (SSSR count). The quantitative estimate of drug-likeness (QED) is 0.854. The summed E-state index contributed by atoms with van der Waals surface area (Å²) in [6.45, 7) is 4.28. The summed E-state index contributed by atoms with van der Waals surface area (Å²) >= 11 is 1.88. The lowest BCUT2D eigenvalue weighted by molar-refractivity contribution is 0.509. The predicted octanol–water partition coefficient (Wildman–Crippen LogP) is 2.69. The van der Waals surface area contributed by atoms with Crippen molar-refractivity contribution in [3.8, 4) is 0 Å². The van der Waals surface area contributed by atoms with Crippen molar-refractivity contribution in [2.75, 3.05) is 7.05 Å². The Morgan fingerprint density at radius 2 is 2.20 bits per heavy atom. The molecule has 0 radical (unpaired) electrons. The summed E-state index contributed by atoms with van der Waals surface area (Å²) in [5, 5.41) is 4.72. The zero-order valence-electron chi connectivity index (χ0n) is 9.84. The fourth-order valence-corrected chi connectivity index (χ4v) is 3.44. The highest BCUT2D eigenvalue weighted by molar-refractivity contribution is 7.11. The number of rotatable bonds is 3. The fourth-order valence-electron chi connectivity index (χ4n) is 2.40. The molecule has 2 atom stereocenters. The molecule has 1 saturated carbocycles. The maximum atomic E-state index is 4.62. The molecule has 1 aliphatic rings. The number of thiazole rings is 1. The Morgan fingerprint density at radius 1 is 1.40 bits per heavy atom. The van der Waals surface area contributed by atoms with Gasteiger partial charge in [-0.05, 0) is 46.1 Å². The third-order valence-electron chi connectivity index (χ3n) is 3.49. The molecule has 1 heterocycles. The molecule has 2 nitrogen and oxygen atoms in total. The Balaban J connectivity index is 1.92. The molecule has 15 heavy (non-hydrogen) atoms. The summed E-state index contributed by atoms with van der Waals surface area (Å²) in [4.78, 5) is 6.01. The number of nitrogens with zero attached hydrogens (tertiary/aromatic N) is 1. The number of hydrogen-bond acceptors (Lipinski definition) is 3. The van der Waals surface area contributed by atoms with Crippen molar-refractivity contribution in [1.82, 2.24) is 10.3 Å². The van der Waals surface area contributed by atoms with E-state index in [0.29, 0.717) is 0 Å². The van der Waals surface area contributed by atoms with Crippen molar-refractivity contribution < 1.29 is 0 Å². The van der Waals surface area contributed by atoms with E-state index in [1.807, 2.05) is 11.3 Å². The Labute approximate surface area is 96.1 Å². The number of hydrogen-bond donors (Lipinski definition) is 1. The van der Waals surface area contributed by atoms with Gasteiger partial charge in [-0.2, -0.15) is 0 Å². The van der Waals surface area contributed by atoms with E-state index in [-0.39, 0.29) is 0 Å². The van der Waals surface area contributed by atoms with Crippen molar-refractivity contribution in [2.45, 2.75) is 45.6 Å². The average Bonchev–Trinajstić information content (AvgIpc) is 2.76. The highest BCUT2D eigenvalue weighted by atomic mass is 32.1. The van der Waals surface area contributed by atoms with Gasteiger partial charge < -0.3 is 5.32 Å². The van der Waals surface area contributed by atoms with Crippen LogP contribution >= 0.6 is 11.3 Å². The second-order valence-corrected chi connectivity index (χ2v) is 5.91. The largest absolute Gasteiger partial charge is 0.317 e. The van der Waals surface area contributed by atoms with E-state index in [1.54, 1.807) is 0 Å². The zero-order valence-corrected chi connectivity index (χ0v) is 10.7. The molecule has 84 valence electrons. The van der Waals surface area contributed by atoms with Crippen LogP contribution in [-0.2, 0) is 6.42 Å². The van der Waals surface area contributed by atoms with Crippen LogP contribution in [0.1, 0.15) is 34.8 Å². The van der Waals surface area contributed by atoms with Gasteiger partial charge in [0.05, 0.1) is 10.7 Å². The molecule has 2 unspecified atom stereocenters. The molecule has 1 fully saturated rings. The summed E-state index contributed by atoms with van der Waals surface area (Å²) in [5.41, 5.74) is 1.22. The second kappa shape index (κ2) is 4.62. The molecule has 0 bridgehead atoms. The van der Waals surface area contributed by atoms with Crippen LogP contribution in [-0.4, -0.2) is 18.1 Å². The first-order valence-electron chi connectivity index (χ1n) is 5.79. The first-order chi connectivity index (χ1) is 7.19. The lowest BCUT2D eigenvalue weighted by Gasteiger charge is -2.08. The molecule has 1 aromatic heterocycles. The van der Waals surface area contributed by atoms with Gasteiger partial charge in [-0.1, -0.05) is 0 Å². The second-order valence-electron chi connectivity index (χ2n) is 4.62. The number of aromatic nitrogens is 1. The molecule has 1 aromatic rings. The Hall–Kier alpha value is -0.410. The topological polar surface area (TPSA) is 24.9 Å². The highest BCUT2D eigenvalue weighted by Gasteiger charge is 2.24. The van der Waals surface area contributed by atoms with E-state index >= 15 is 0 Å². The monoisotopic (exact) mass is 224 g/mol. The molecule has 1 aliphatic carbocycles. The number of nitrogens with one attached hydrogen (secondary N) is 1. The molecule has 0 saturated heterocycles. The minimum absolute atomic E-state index is 0.747. The van der Waals surface area contributed by atoms with Crippen molar-refractivity contribution in [2.24, 2.45) is 5.92 Å². The maximum absolute atomic E-state index is 4.62. The molecule has 0 aliphatic heterocycles. The summed E-state index contributed by atoms with van der Waals surface area (Å²) in [7, 11) is 2.07. The van der Waals surface area contributed by atoms with Crippen LogP contribution in [0.4, 0.5) is 0 Å². The molecule has 0 spiro atoms. The molecular formula is C12H20N2S. The van der Waals surface area contributed by atoms with Gasteiger partial charge in [-0.3, -0.25) is 0 Å². The molecule has 3 heteroatoms. The van der Waals surface area contributed by atoms with Crippen LogP contribution in [0, 0.1) is 19.8 Å². The van der Waals surface area contributed by atoms with Crippen LogP contribution in [0.3, 0.4) is 0 Å². The van der Waals surface area contributed by atoms with Crippen molar-refractivity contribution >= 4 is 11.3 Å². The van der Waals surface area contributed by atoms with Gasteiger partial charge >= 0.3 is 0 Å². The summed E-state index contributed by atoms with van der Waals surface area (Å²) in [6.07, 6.45) is 5.22. The van der Waals surface area contributed by atoms with Gasteiger partial charge in [-0.25, -0.2) is 4.98 Å². The Kier molecular flexibility index (Phi) is 3.42. The van der Waals surface area contributed by atoms with Crippen LogP contribution < -0.4 is 5.32 Å². The lowest BCUT2D eigenvalue weighted by Crippen LogP contribution is -2.21. The summed E-state index contributed by atoms with van der Waals surface area (Å²) < 4.78 is 0. The van der Waals surface area contributed by atoms with E-state index < -0.39 is 0 Å². The highest BCUT2D eigenvalue weighted by Crippen LogP contribution is 2.30. The first kappa shape index (κ1) is 11.1. The Bertz CT molecular complexity index is 313. The van der Waals surface area contributed by atoms with Crippen molar-refractivity contribution in [1.29, 1.82) is 0 Å². The van der Waals surface area contributed by atoms with Crippen LogP contribution in [0.15, 0.2) is 0 Å². The zero-order chi connectivity index (χ0) is 10.8. The van der Waals surface area contributed by atoms with Crippen LogP contribution in [0.2, 0.25) is 0 Å². The molecule has 1 N–H and O–H groups in total. The average molecular weight is 224 g/mol. The molecule has 0 amide bonds. The van der Waals surface area contributed by atoms with Gasteiger partial charge in [0.15, 0.2) is 0 Å². The van der Waals surface area contributed by atoms with E-state index in [4.69, 9.17) is 0 Å². The van der Waals surface area contributed by atoms with Crippen LogP contribution in [0.5, 0.6) is 0 Å². The molecule has 0 aromatic carbocycles. The van der Waals surface area contributed by atoms with Crippen molar-refractivity contribution in [3.63, 3.8) is 0 Å². The standard InChI is InChI=1S/C12H20N2S/c1-8-9(2)15-12(14-8)7-10-4-5-11(6-10)13-3/h10-11,13H,4-7H2,1-3H3. The van der Waals surface area contributed by atoms with E-state index in [0.717, 1.165) is 12.0 Å². The van der Waals surface area contributed by atoms with Gasteiger partial charge in [0, 0.05) is 17.3 Å². The van der Waals surface area contributed by atoms with E-state index in [2.05, 4.69) is 31.2 Å². The SMILES string of the molecule is CNC1CCC(Cc2nc(C)c(C)s2)C1. The normalized spacial score (nSPS) is 26.1. The molecular weight excluding hydrogens is 204 g/mol. The maximum Gasteiger partial charge on any atom is 0.0933 e. The predicted molar refractivity (Wildman–Crippen MR) is 65.5 cm³/mol. The lowest BCUT2D eigenvalue weighted by atomic mass is 10.0. The number of aryl methyl sites for hydroxylation is 2. The van der Waals surface area contributed by atoms with Crippen molar-refractivity contribution in [3.05, 3.63) is 15.6 Å². The Morgan fingerprint density at radius 3 is 2.73 bits per heavy atom. The third kappa shape index (κ3) is 2.58. The van der Waals surface area contributed by atoms with Gasteiger partial charge in [-0.15, -0.1) is 11.3 Å². The van der Waals surface area contributed by atoms with E-state index in [1.165, 1.54) is 41.3 Å². The third-order valence-corrected chi connectivity index (χ3v) is 4.58. The van der Waals surface area contributed by atoms with Gasteiger partial charge in [0.2, 0.25) is 0 Å². The van der Waals surface area contributed by atoms with E-state index in [9.17, 15) is 0 Å². The minimum Gasteiger partial charge on any atom is -0.317 e.